The van der Waals surface area contributed by atoms with Crippen LogP contribution in [0.25, 0.3) is 0 Å². The zero-order chi connectivity index (χ0) is 13.7. The van der Waals surface area contributed by atoms with Gasteiger partial charge in [-0.1, -0.05) is 23.7 Å². The van der Waals surface area contributed by atoms with Crippen LogP contribution >= 0.6 is 11.6 Å². The van der Waals surface area contributed by atoms with E-state index in [0.717, 1.165) is 5.56 Å². The maximum Gasteiger partial charge on any atom is 0.121 e. The number of hydrogen-bond donors (Lipinski definition) is 0. The van der Waals surface area contributed by atoms with Crippen LogP contribution in [-0.4, -0.2) is 0 Å². The van der Waals surface area contributed by atoms with E-state index in [-0.39, 0.29) is 0 Å². The highest BCUT2D eigenvalue weighted by Crippen LogP contribution is 2.22. The predicted molar refractivity (Wildman–Crippen MR) is 71.7 cm³/mol. The molecule has 0 aliphatic rings. The Labute approximate surface area is 116 Å². The normalized spacial score (nSPS) is 9.42. The summed E-state index contributed by atoms with van der Waals surface area (Å²) in [6.45, 7) is 0.383. The maximum absolute atomic E-state index is 8.76. The molecule has 0 saturated carbocycles. The van der Waals surface area contributed by atoms with E-state index in [4.69, 9.17) is 26.9 Å². The monoisotopic (exact) mass is 268 g/mol. The van der Waals surface area contributed by atoms with E-state index in [9.17, 15) is 0 Å². The first-order valence-electron chi connectivity index (χ1n) is 5.54. The minimum absolute atomic E-state index is 0.375. The van der Waals surface area contributed by atoms with Gasteiger partial charge in [0.05, 0.1) is 22.2 Å². The fraction of sp³-hybridized carbons (Fsp3) is 0.0667. The van der Waals surface area contributed by atoms with Crippen LogP contribution in [0, 0.1) is 22.7 Å². The standard InChI is InChI=1S/C15H9ClN2O/c16-15-7-14(6-5-13(15)9-18)19-10-12-3-1-11(8-17)2-4-12/h1-7H,10H2. The number of ether oxygens (including phenoxy) is 1. The molecule has 0 atom stereocenters. The Morgan fingerprint density at radius 3 is 2.32 bits per heavy atom. The summed E-state index contributed by atoms with van der Waals surface area (Å²) < 4.78 is 5.57. The zero-order valence-corrected chi connectivity index (χ0v) is 10.7. The van der Waals surface area contributed by atoms with Crippen LogP contribution in [-0.2, 0) is 6.61 Å². The molecular formula is C15H9ClN2O. The second kappa shape index (κ2) is 5.91. The molecule has 0 heterocycles. The lowest BCUT2D eigenvalue weighted by Gasteiger charge is -2.07. The Bertz CT molecular complexity index is 666. The number of nitrogens with zero attached hydrogens (tertiary/aromatic N) is 2. The number of hydrogen-bond acceptors (Lipinski definition) is 3. The highest BCUT2D eigenvalue weighted by Gasteiger charge is 2.02. The Morgan fingerprint density at radius 2 is 1.74 bits per heavy atom. The fourth-order valence-corrected chi connectivity index (χ4v) is 1.73. The zero-order valence-electron chi connectivity index (χ0n) is 9.93. The summed E-state index contributed by atoms with van der Waals surface area (Å²) in [7, 11) is 0. The van der Waals surface area contributed by atoms with Gasteiger partial charge in [0.2, 0.25) is 0 Å². The molecule has 19 heavy (non-hydrogen) atoms. The summed E-state index contributed by atoms with van der Waals surface area (Å²) in [5, 5.41) is 17.8. The second-order valence-corrected chi connectivity index (χ2v) is 4.26. The van der Waals surface area contributed by atoms with Crippen LogP contribution in [0.5, 0.6) is 5.75 Å². The SMILES string of the molecule is N#Cc1ccc(COc2ccc(C#N)c(Cl)c2)cc1. The quantitative estimate of drug-likeness (QED) is 0.853. The van der Waals surface area contributed by atoms with Crippen LogP contribution in [0.2, 0.25) is 5.02 Å². The molecule has 0 unspecified atom stereocenters. The average molecular weight is 269 g/mol. The lowest BCUT2D eigenvalue weighted by molar-refractivity contribution is 0.306. The topological polar surface area (TPSA) is 56.8 Å². The Balaban J connectivity index is 2.04. The van der Waals surface area contributed by atoms with Crippen molar-refractivity contribution in [1.29, 1.82) is 10.5 Å². The smallest absolute Gasteiger partial charge is 0.121 e. The Morgan fingerprint density at radius 1 is 1.00 bits per heavy atom. The Kier molecular flexibility index (Phi) is 4.03. The summed E-state index contributed by atoms with van der Waals surface area (Å²) in [5.41, 5.74) is 2.00. The lowest BCUT2D eigenvalue weighted by atomic mass is 10.1. The molecule has 3 nitrogen and oxygen atoms in total. The molecule has 0 bridgehead atoms. The molecular weight excluding hydrogens is 260 g/mol. The average Bonchev–Trinajstić information content (AvgIpc) is 2.46. The van der Waals surface area contributed by atoms with Crippen molar-refractivity contribution in [2.75, 3.05) is 0 Å². The molecule has 92 valence electrons. The van der Waals surface area contributed by atoms with E-state index in [1.807, 2.05) is 18.2 Å². The van der Waals surface area contributed by atoms with Gasteiger partial charge in [-0.3, -0.25) is 0 Å². The van der Waals surface area contributed by atoms with Crippen molar-refractivity contribution in [2.24, 2.45) is 0 Å². The van der Waals surface area contributed by atoms with Crippen molar-refractivity contribution >= 4 is 11.6 Å². The summed E-state index contributed by atoms with van der Waals surface area (Å²) >= 11 is 5.91. The van der Waals surface area contributed by atoms with Gasteiger partial charge in [0, 0.05) is 6.07 Å². The minimum atomic E-state index is 0.375. The van der Waals surface area contributed by atoms with E-state index in [0.29, 0.717) is 28.5 Å². The van der Waals surface area contributed by atoms with Crippen LogP contribution in [0.1, 0.15) is 16.7 Å². The summed E-state index contributed by atoms with van der Waals surface area (Å²) in [5.74, 6) is 0.605. The van der Waals surface area contributed by atoms with Gasteiger partial charge in [-0.2, -0.15) is 10.5 Å². The first kappa shape index (κ1) is 13.0. The van der Waals surface area contributed by atoms with Gasteiger partial charge in [-0.15, -0.1) is 0 Å². The number of rotatable bonds is 3. The molecule has 0 aromatic heterocycles. The molecule has 0 amide bonds. The van der Waals surface area contributed by atoms with E-state index in [2.05, 4.69) is 6.07 Å². The van der Waals surface area contributed by atoms with Gasteiger partial charge in [-0.25, -0.2) is 0 Å². The van der Waals surface area contributed by atoms with Gasteiger partial charge in [0.1, 0.15) is 18.4 Å². The van der Waals surface area contributed by atoms with E-state index >= 15 is 0 Å². The van der Waals surface area contributed by atoms with Gasteiger partial charge < -0.3 is 4.74 Å². The lowest BCUT2D eigenvalue weighted by Crippen LogP contribution is -1.95. The fourth-order valence-electron chi connectivity index (χ4n) is 1.52. The van der Waals surface area contributed by atoms with Crippen molar-refractivity contribution in [3.8, 4) is 17.9 Å². The van der Waals surface area contributed by atoms with Gasteiger partial charge in [0.25, 0.3) is 0 Å². The van der Waals surface area contributed by atoms with Gasteiger partial charge >= 0.3 is 0 Å². The highest BCUT2D eigenvalue weighted by atomic mass is 35.5. The molecule has 0 aliphatic heterocycles. The van der Waals surface area contributed by atoms with Crippen molar-refractivity contribution < 1.29 is 4.74 Å². The molecule has 0 radical (unpaired) electrons. The summed E-state index contributed by atoms with van der Waals surface area (Å²) in [6, 6.07) is 16.1. The summed E-state index contributed by atoms with van der Waals surface area (Å²) in [6.07, 6.45) is 0. The molecule has 0 spiro atoms. The van der Waals surface area contributed by atoms with E-state index in [1.54, 1.807) is 30.3 Å². The number of nitriles is 2. The van der Waals surface area contributed by atoms with Crippen LogP contribution in [0.15, 0.2) is 42.5 Å². The third kappa shape index (κ3) is 3.25. The van der Waals surface area contributed by atoms with E-state index in [1.165, 1.54) is 0 Å². The van der Waals surface area contributed by atoms with Crippen LogP contribution in [0.3, 0.4) is 0 Å². The molecule has 0 fully saturated rings. The van der Waals surface area contributed by atoms with Crippen molar-refractivity contribution in [3.05, 3.63) is 64.2 Å². The predicted octanol–water partition coefficient (Wildman–Crippen LogP) is 3.66. The van der Waals surface area contributed by atoms with Crippen LogP contribution < -0.4 is 4.74 Å². The largest absolute Gasteiger partial charge is 0.489 e. The maximum atomic E-state index is 8.76. The highest BCUT2D eigenvalue weighted by molar-refractivity contribution is 6.31. The molecule has 4 heteroatoms. The third-order valence-electron chi connectivity index (χ3n) is 2.55. The first-order valence-corrected chi connectivity index (χ1v) is 5.92. The van der Waals surface area contributed by atoms with Gasteiger partial charge in [-0.05, 0) is 29.8 Å². The first-order chi connectivity index (χ1) is 9.22. The Hall–Kier alpha value is -2.49. The summed E-state index contributed by atoms with van der Waals surface area (Å²) in [4.78, 5) is 0. The molecule has 0 N–H and O–H groups in total. The number of halogens is 1. The molecule has 2 rings (SSSR count). The molecule has 2 aromatic carbocycles. The second-order valence-electron chi connectivity index (χ2n) is 3.85. The van der Waals surface area contributed by atoms with Crippen molar-refractivity contribution in [1.82, 2.24) is 0 Å². The van der Waals surface area contributed by atoms with Crippen molar-refractivity contribution in [2.45, 2.75) is 6.61 Å². The molecule has 0 saturated heterocycles. The molecule has 0 aliphatic carbocycles. The van der Waals surface area contributed by atoms with E-state index < -0.39 is 0 Å². The third-order valence-corrected chi connectivity index (χ3v) is 2.86. The van der Waals surface area contributed by atoms with Gasteiger partial charge in [0.15, 0.2) is 0 Å². The van der Waals surface area contributed by atoms with Crippen molar-refractivity contribution in [3.63, 3.8) is 0 Å². The number of benzene rings is 2. The molecule has 2 aromatic rings. The van der Waals surface area contributed by atoms with Crippen LogP contribution in [0.4, 0.5) is 0 Å². The minimum Gasteiger partial charge on any atom is -0.489 e.